The molecule has 3 heteroatoms. The molecule has 0 amide bonds. The van der Waals surface area contributed by atoms with Gasteiger partial charge in [-0.25, -0.2) is 0 Å². The van der Waals surface area contributed by atoms with Gasteiger partial charge in [0.15, 0.2) is 0 Å². The Morgan fingerprint density at radius 3 is 2.93 bits per heavy atom. The molecule has 0 aliphatic heterocycles. The number of carboxylic acid groups (broad SMARTS) is 1. The Hall–Kier alpha value is -1.90. The molecule has 0 radical (unpaired) electrons. The highest BCUT2D eigenvalue weighted by Gasteiger charge is 2.08. The minimum atomic E-state index is -0.849. The molecule has 0 saturated heterocycles. The van der Waals surface area contributed by atoms with E-state index in [1.165, 1.54) is 0 Å². The number of rotatable bonds is 2. The number of hydrogen-bond donors (Lipinski definition) is 1. The lowest BCUT2D eigenvalue weighted by molar-refractivity contribution is -0.136. The van der Waals surface area contributed by atoms with Crippen molar-refractivity contribution in [3.63, 3.8) is 0 Å². The molecule has 2 rings (SSSR count). The van der Waals surface area contributed by atoms with Gasteiger partial charge in [-0.2, -0.15) is 0 Å². The maximum absolute atomic E-state index is 10.7. The van der Waals surface area contributed by atoms with Gasteiger partial charge in [0.1, 0.15) is 0 Å². The fourth-order valence-electron chi connectivity index (χ4n) is 1.77. The van der Waals surface area contributed by atoms with Gasteiger partial charge in [0.2, 0.25) is 0 Å². The number of benzene rings is 1. The zero-order valence-corrected chi connectivity index (χ0v) is 8.40. The Morgan fingerprint density at radius 1 is 1.40 bits per heavy atom. The van der Waals surface area contributed by atoms with Crippen LogP contribution in [0.4, 0.5) is 0 Å². The van der Waals surface area contributed by atoms with Gasteiger partial charge in [0.25, 0.3) is 0 Å². The van der Waals surface area contributed by atoms with Crippen molar-refractivity contribution in [1.29, 1.82) is 0 Å². The first-order valence-electron chi connectivity index (χ1n) is 4.73. The molecule has 0 fully saturated rings. The molecule has 15 heavy (non-hydrogen) atoms. The number of aliphatic carboxylic acids is 1. The van der Waals surface area contributed by atoms with Crippen molar-refractivity contribution in [2.75, 3.05) is 0 Å². The predicted molar refractivity (Wildman–Crippen MR) is 57.8 cm³/mol. The van der Waals surface area contributed by atoms with E-state index in [1.54, 1.807) is 6.20 Å². The van der Waals surface area contributed by atoms with E-state index in [0.717, 1.165) is 16.3 Å². The number of carboxylic acids is 1. The monoisotopic (exact) mass is 201 g/mol. The molecule has 76 valence electrons. The molecule has 1 aromatic heterocycles. The molecule has 1 N–H and O–H groups in total. The lowest BCUT2D eigenvalue weighted by Crippen LogP contribution is -2.03. The fraction of sp³-hybridized carbons (Fsp3) is 0.167. The summed E-state index contributed by atoms with van der Waals surface area (Å²) in [5.41, 5.74) is 1.70. The van der Waals surface area contributed by atoms with Gasteiger partial charge < -0.3 is 5.11 Å². The van der Waals surface area contributed by atoms with E-state index in [4.69, 9.17) is 5.11 Å². The standard InChI is InChI=1S/C12H11NO2/c1-8-3-2-4-9-5-6-13-10(12(8)9)7-11(14)15/h2-6H,7H2,1H3,(H,14,15). The third kappa shape index (κ3) is 1.81. The minimum Gasteiger partial charge on any atom is -0.481 e. The largest absolute Gasteiger partial charge is 0.481 e. The highest BCUT2D eigenvalue weighted by atomic mass is 16.4. The highest BCUT2D eigenvalue weighted by Crippen LogP contribution is 2.20. The summed E-state index contributed by atoms with van der Waals surface area (Å²) >= 11 is 0. The van der Waals surface area contributed by atoms with E-state index in [1.807, 2.05) is 31.2 Å². The number of nitrogens with zero attached hydrogens (tertiary/aromatic N) is 1. The minimum absolute atomic E-state index is 0.0256. The van der Waals surface area contributed by atoms with Crippen LogP contribution in [-0.2, 0) is 11.2 Å². The van der Waals surface area contributed by atoms with Gasteiger partial charge in [-0.1, -0.05) is 18.2 Å². The Kier molecular flexibility index (Phi) is 2.37. The number of hydrogen-bond acceptors (Lipinski definition) is 2. The van der Waals surface area contributed by atoms with E-state index < -0.39 is 5.97 Å². The maximum Gasteiger partial charge on any atom is 0.309 e. The highest BCUT2D eigenvalue weighted by molar-refractivity contribution is 5.89. The van der Waals surface area contributed by atoms with Crippen LogP contribution in [0.15, 0.2) is 30.5 Å². The van der Waals surface area contributed by atoms with Crippen LogP contribution in [-0.4, -0.2) is 16.1 Å². The molecule has 0 aliphatic carbocycles. The van der Waals surface area contributed by atoms with Crippen LogP contribution in [0.1, 0.15) is 11.3 Å². The second kappa shape index (κ2) is 3.69. The van der Waals surface area contributed by atoms with Crippen LogP contribution in [0.3, 0.4) is 0 Å². The molecule has 0 atom stereocenters. The molecule has 3 nitrogen and oxygen atoms in total. The average Bonchev–Trinajstić information content (AvgIpc) is 2.17. The molecule has 1 aromatic carbocycles. The van der Waals surface area contributed by atoms with Crippen molar-refractivity contribution in [3.8, 4) is 0 Å². The molecular formula is C12H11NO2. The van der Waals surface area contributed by atoms with Gasteiger partial charge in [-0.15, -0.1) is 0 Å². The zero-order chi connectivity index (χ0) is 10.8. The third-order valence-electron chi connectivity index (χ3n) is 2.40. The quantitative estimate of drug-likeness (QED) is 0.810. The molecule has 0 bridgehead atoms. The summed E-state index contributed by atoms with van der Waals surface area (Å²) in [6, 6.07) is 7.79. The number of aromatic nitrogens is 1. The van der Waals surface area contributed by atoms with Crippen LogP contribution in [0, 0.1) is 6.92 Å². The van der Waals surface area contributed by atoms with Crippen molar-refractivity contribution < 1.29 is 9.90 Å². The van der Waals surface area contributed by atoms with Gasteiger partial charge in [0, 0.05) is 11.6 Å². The predicted octanol–water partition coefficient (Wildman–Crippen LogP) is 2.17. The topological polar surface area (TPSA) is 50.2 Å². The molecule has 0 spiro atoms. The first-order valence-corrected chi connectivity index (χ1v) is 4.73. The summed E-state index contributed by atoms with van der Waals surface area (Å²) in [6.45, 7) is 1.97. The molecule has 0 unspecified atom stereocenters. The van der Waals surface area contributed by atoms with Crippen molar-refractivity contribution >= 4 is 16.7 Å². The SMILES string of the molecule is Cc1cccc2ccnc(CC(=O)O)c12. The zero-order valence-electron chi connectivity index (χ0n) is 8.40. The second-order valence-corrected chi connectivity index (χ2v) is 3.50. The number of pyridine rings is 1. The van der Waals surface area contributed by atoms with Crippen molar-refractivity contribution in [2.45, 2.75) is 13.3 Å². The van der Waals surface area contributed by atoms with Crippen molar-refractivity contribution in [1.82, 2.24) is 4.98 Å². The molecule has 1 heterocycles. The van der Waals surface area contributed by atoms with E-state index in [0.29, 0.717) is 5.69 Å². The number of aryl methyl sites for hydroxylation is 1. The lowest BCUT2D eigenvalue weighted by Gasteiger charge is -2.05. The first-order chi connectivity index (χ1) is 7.18. The van der Waals surface area contributed by atoms with E-state index in [9.17, 15) is 4.79 Å². The van der Waals surface area contributed by atoms with Gasteiger partial charge in [0.05, 0.1) is 12.1 Å². The number of fused-ring (bicyclic) bond motifs is 1. The Labute approximate surface area is 87.4 Å². The smallest absolute Gasteiger partial charge is 0.309 e. The van der Waals surface area contributed by atoms with E-state index >= 15 is 0 Å². The molecular weight excluding hydrogens is 190 g/mol. The first kappa shape index (κ1) is 9.65. The summed E-state index contributed by atoms with van der Waals surface area (Å²) < 4.78 is 0. The van der Waals surface area contributed by atoms with Crippen LogP contribution in [0.5, 0.6) is 0 Å². The van der Waals surface area contributed by atoms with Gasteiger partial charge in [-0.3, -0.25) is 9.78 Å². The fourth-order valence-corrected chi connectivity index (χ4v) is 1.77. The normalized spacial score (nSPS) is 10.5. The van der Waals surface area contributed by atoms with E-state index in [-0.39, 0.29) is 6.42 Å². The Balaban J connectivity index is 2.68. The van der Waals surface area contributed by atoms with Gasteiger partial charge in [-0.05, 0) is 23.9 Å². The Bertz CT molecular complexity index is 515. The van der Waals surface area contributed by atoms with Gasteiger partial charge >= 0.3 is 5.97 Å². The van der Waals surface area contributed by atoms with Crippen molar-refractivity contribution in [3.05, 3.63) is 41.7 Å². The van der Waals surface area contributed by atoms with E-state index in [2.05, 4.69) is 4.98 Å². The number of carbonyl (C=O) groups is 1. The van der Waals surface area contributed by atoms with Crippen LogP contribution in [0.2, 0.25) is 0 Å². The molecule has 0 aliphatic rings. The summed E-state index contributed by atoms with van der Waals surface area (Å²) in [6.07, 6.45) is 1.63. The lowest BCUT2D eigenvalue weighted by atomic mass is 10.0. The molecule has 2 aromatic rings. The summed E-state index contributed by atoms with van der Waals surface area (Å²) in [4.78, 5) is 14.8. The molecule has 0 saturated carbocycles. The average molecular weight is 201 g/mol. The summed E-state index contributed by atoms with van der Waals surface area (Å²) in [5, 5.41) is 10.8. The third-order valence-corrected chi connectivity index (χ3v) is 2.40. The van der Waals surface area contributed by atoms with Crippen LogP contribution >= 0.6 is 0 Å². The second-order valence-electron chi connectivity index (χ2n) is 3.50. The summed E-state index contributed by atoms with van der Waals surface area (Å²) in [5.74, 6) is -0.849. The summed E-state index contributed by atoms with van der Waals surface area (Å²) in [7, 11) is 0. The van der Waals surface area contributed by atoms with Crippen LogP contribution in [0.25, 0.3) is 10.8 Å². The van der Waals surface area contributed by atoms with Crippen LogP contribution < -0.4 is 0 Å². The van der Waals surface area contributed by atoms with Crippen molar-refractivity contribution in [2.24, 2.45) is 0 Å². The Morgan fingerprint density at radius 2 is 2.20 bits per heavy atom. The maximum atomic E-state index is 10.7.